The second kappa shape index (κ2) is 10.2. The Hall–Kier alpha value is -1.64. The highest BCUT2D eigenvalue weighted by Crippen LogP contribution is 2.36. The molecule has 2 aliphatic rings. The minimum atomic E-state index is -0.486. The zero-order valence-corrected chi connectivity index (χ0v) is 22.7. The molecule has 4 rings (SSSR count). The molecule has 0 bridgehead atoms. The van der Waals surface area contributed by atoms with E-state index < -0.39 is 5.60 Å². The number of fused-ring (bicyclic) bond motifs is 1. The number of anilines is 1. The Balaban J connectivity index is 1.41. The van der Waals surface area contributed by atoms with Crippen molar-refractivity contribution in [2.45, 2.75) is 69.4 Å². The van der Waals surface area contributed by atoms with Crippen molar-refractivity contribution in [1.82, 2.24) is 19.8 Å². The van der Waals surface area contributed by atoms with Gasteiger partial charge in [-0.3, -0.25) is 0 Å². The standard InChI is InChI=1S/C25H38ClN5O2S/c1-24(2,3)33-23(32)31-13-11-30(12-14-31)21-16-20-19(15-18(21)26)27-22(28-20)34-25(4,5)17-29-9-7-6-8-10-29/h15-16H,6-14,17H2,1-5H3,(H,27,28). The van der Waals surface area contributed by atoms with E-state index >= 15 is 0 Å². The largest absolute Gasteiger partial charge is 0.444 e. The summed E-state index contributed by atoms with van der Waals surface area (Å²) in [6.45, 7) is 16.3. The maximum absolute atomic E-state index is 12.4. The maximum Gasteiger partial charge on any atom is 0.410 e. The number of benzene rings is 1. The molecule has 3 heterocycles. The van der Waals surface area contributed by atoms with Crippen LogP contribution in [0.4, 0.5) is 10.5 Å². The number of imidazole rings is 1. The summed E-state index contributed by atoms with van der Waals surface area (Å²) in [7, 11) is 0. The molecular formula is C25H38ClN5O2S. The average molecular weight is 508 g/mol. The summed E-state index contributed by atoms with van der Waals surface area (Å²) >= 11 is 8.48. The van der Waals surface area contributed by atoms with Gasteiger partial charge in [-0.2, -0.15) is 0 Å². The quantitative estimate of drug-likeness (QED) is 0.529. The smallest absolute Gasteiger partial charge is 0.410 e. The number of piperazine rings is 1. The van der Waals surface area contributed by atoms with Crippen molar-refractivity contribution in [2.24, 2.45) is 0 Å². The predicted octanol–water partition coefficient (Wildman–Crippen LogP) is 5.63. The van der Waals surface area contributed by atoms with Crippen molar-refractivity contribution < 1.29 is 9.53 Å². The lowest BCUT2D eigenvalue weighted by Gasteiger charge is -2.37. The number of nitrogens with one attached hydrogen (secondary N) is 1. The van der Waals surface area contributed by atoms with Crippen LogP contribution in [0.2, 0.25) is 5.02 Å². The second-order valence-corrected chi connectivity index (χ2v) is 13.1. The molecule has 2 aliphatic heterocycles. The SMILES string of the molecule is CC(C)(C)OC(=O)N1CCN(c2cc3nc(SC(C)(C)CN4CCCCC4)[nH]c3cc2Cl)CC1. The molecule has 2 saturated heterocycles. The van der Waals surface area contributed by atoms with Crippen molar-refractivity contribution in [3.63, 3.8) is 0 Å². The van der Waals surface area contributed by atoms with E-state index in [9.17, 15) is 4.79 Å². The van der Waals surface area contributed by atoms with Gasteiger partial charge in [0, 0.05) is 37.5 Å². The number of ether oxygens (including phenoxy) is 1. The molecule has 0 unspecified atom stereocenters. The normalized spacial score (nSPS) is 18.5. The minimum Gasteiger partial charge on any atom is -0.444 e. The van der Waals surface area contributed by atoms with Crippen LogP contribution in [0.3, 0.4) is 0 Å². The molecule has 2 fully saturated rings. The molecule has 0 radical (unpaired) electrons. The number of rotatable bonds is 5. The van der Waals surface area contributed by atoms with Crippen molar-refractivity contribution in [2.75, 3.05) is 50.7 Å². The van der Waals surface area contributed by atoms with Gasteiger partial charge in [-0.05, 0) is 72.7 Å². The molecule has 1 aromatic heterocycles. The zero-order chi connectivity index (χ0) is 24.5. The number of aromatic amines is 1. The van der Waals surface area contributed by atoms with Crippen LogP contribution in [0.1, 0.15) is 53.9 Å². The Bertz CT molecular complexity index is 1000. The highest BCUT2D eigenvalue weighted by molar-refractivity contribution is 8.00. The van der Waals surface area contributed by atoms with Crippen molar-refractivity contribution in [3.8, 4) is 0 Å². The first-order valence-corrected chi connectivity index (χ1v) is 13.5. The number of nitrogens with zero attached hydrogens (tertiary/aromatic N) is 4. The summed E-state index contributed by atoms with van der Waals surface area (Å²) in [6, 6.07) is 4.04. The topological polar surface area (TPSA) is 64.7 Å². The number of amides is 1. The van der Waals surface area contributed by atoms with E-state index in [1.165, 1.54) is 32.4 Å². The predicted molar refractivity (Wildman–Crippen MR) is 141 cm³/mol. The minimum absolute atomic E-state index is 0.0653. The first-order valence-electron chi connectivity index (χ1n) is 12.3. The van der Waals surface area contributed by atoms with Gasteiger partial charge in [-0.1, -0.05) is 29.8 Å². The zero-order valence-electron chi connectivity index (χ0n) is 21.1. The lowest BCUT2D eigenvalue weighted by Crippen LogP contribution is -2.50. The summed E-state index contributed by atoms with van der Waals surface area (Å²) in [5.41, 5.74) is 2.36. The Kier molecular flexibility index (Phi) is 7.60. The number of H-pyrrole nitrogens is 1. The van der Waals surface area contributed by atoms with Crippen LogP contribution in [0.15, 0.2) is 17.3 Å². The summed E-state index contributed by atoms with van der Waals surface area (Å²) in [4.78, 5) is 27.3. The first-order chi connectivity index (χ1) is 16.0. The van der Waals surface area contributed by atoms with Crippen LogP contribution in [0.5, 0.6) is 0 Å². The number of aromatic nitrogens is 2. The molecule has 2 aromatic rings. The molecule has 0 atom stereocenters. The van der Waals surface area contributed by atoms with Gasteiger partial charge < -0.3 is 24.4 Å². The van der Waals surface area contributed by atoms with Crippen LogP contribution in [-0.2, 0) is 4.74 Å². The fourth-order valence-electron chi connectivity index (χ4n) is 4.69. The molecule has 0 saturated carbocycles. The fraction of sp³-hybridized carbons (Fsp3) is 0.680. The fourth-order valence-corrected chi connectivity index (χ4v) is 6.05. The Morgan fingerprint density at radius 3 is 2.38 bits per heavy atom. The molecule has 1 N–H and O–H groups in total. The molecule has 1 aromatic carbocycles. The number of thioether (sulfide) groups is 1. The highest BCUT2D eigenvalue weighted by atomic mass is 35.5. The van der Waals surface area contributed by atoms with Gasteiger partial charge in [-0.25, -0.2) is 9.78 Å². The van der Waals surface area contributed by atoms with E-state index in [0.717, 1.165) is 28.4 Å². The third-order valence-corrected chi connectivity index (χ3v) is 7.60. The van der Waals surface area contributed by atoms with Crippen molar-refractivity contribution in [1.29, 1.82) is 0 Å². The summed E-state index contributed by atoms with van der Waals surface area (Å²) in [5.74, 6) is 0. The maximum atomic E-state index is 12.4. The van der Waals surface area contributed by atoms with Crippen molar-refractivity contribution >= 4 is 46.2 Å². The van der Waals surface area contributed by atoms with Crippen molar-refractivity contribution in [3.05, 3.63) is 17.2 Å². The number of piperidine rings is 1. The monoisotopic (exact) mass is 507 g/mol. The molecule has 0 aliphatic carbocycles. The number of likely N-dealkylation sites (tertiary alicyclic amines) is 1. The van der Waals surface area contributed by atoms with E-state index in [2.05, 4.69) is 34.7 Å². The summed E-state index contributed by atoms with van der Waals surface area (Å²) in [6.07, 6.45) is 3.71. The van der Waals surface area contributed by atoms with E-state index in [1.54, 1.807) is 16.7 Å². The van der Waals surface area contributed by atoms with Crippen LogP contribution >= 0.6 is 23.4 Å². The lowest BCUT2D eigenvalue weighted by molar-refractivity contribution is 0.0240. The molecule has 0 spiro atoms. The number of carbonyl (C=O) groups excluding carboxylic acids is 1. The van der Waals surface area contributed by atoms with Gasteiger partial charge in [0.25, 0.3) is 0 Å². The number of carbonyl (C=O) groups is 1. The first kappa shape index (κ1) is 25.5. The average Bonchev–Trinajstić information content (AvgIpc) is 3.12. The number of halogens is 1. The van der Waals surface area contributed by atoms with Gasteiger partial charge in [-0.15, -0.1) is 0 Å². The molecule has 9 heteroatoms. The van der Waals surface area contributed by atoms with Crippen LogP contribution in [-0.4, -0.2) is 82.0 Å². The van der Waals surface area contributed by atoms with Gasteiger partial charge in [0.05, 0.1) is 21.7 Å². The van der Waals surface area contributed by atoms with Crippen LogP contribution in [0.25, 0.3) is 11.0 Å². The van der Waals surface area contributed by atoms with Gasteiger partial charge in [0.15, 0.2) is 5.16 Å². The Morgan fingerprint density at radius 2 is 1.74 bits per heavy atom. The third-order valence-electron chi connectivity index (χ3n) is 6.23. The number of hydrogen-bond acceptors (Lipinski definition) is 6. The van der Waals surface area contributed by atoms with Gasteiger partial charge in [0.1, 0.15) is 5.60 Å². The van der Waals surface area contributed by atoms with E-state index in [0.29, 0.717) is 31.2 Å². The van der Waals surface area contributed by atoms with Gasteiger partial charge >= 0.3 is 6.09 Å². The van der Waals surface area contributed by atoms with Gasteiger partial charge in [0.2, 0.25) is 0 Å². The highest BCUT2D eigenvalue weighted by Gasteiger charge is 2.28. The molecule has 7 nitrogen and oxygen atoms in total. The Morgan fingerprint density at radius 1 is 1.06 bits per heavy atom. The third kappa shape index (κ3) is 6.52. The number of hydrogen-bond donors (Lipinski definition) is 1. The lowest BCUT2D eigenvalue weighted by atomic mass is 10.1. The van der Waals surface area contributed by atoms with E-state index in [1.807, 2.05) is 26.8 Å². The molecule has 34 heavy (non-hydrogen) atoms. The van der Waals surface area contributed by atoms with Crippen LogP contribution in [0, 0.1) is 0 Å². The molecule has 188 valence electrons. The van der Waals surface area contributed by atoms with Crippen LogP contribution < -0.4 is 4.90 Å². The summed E-state index contributed by atoms with van der Waals surface area (Å²) < 4.78 is 5.58. The Labute approximate surface area is 212 Å². The molecule has 1 amide bonds. The van der Waals surface area contributed by atoms with E-state index in [-0.39, 0.29) is 10.8 Å². The molecular weight excluding hydrogens is 470 g/mol. The van der Waals surface area contributed by atoms with E-state index in [4.69, 9.17) is 21.3 Å². The second-order valence-electron chi connectivity index (χ2n) is 11.0. The summed E-state index contributed by atoms with van der Waals surface area (Å²) in [5, 5.41) is 1.63.